The highest BCUT2D eigenvalue weighted by molar-refractivity contribution is 6.87. The molecule has 0 radical (unpaired) electrons. The summed E-state index contributed by atoms with van der Waals surface area (Å²) in [7, 11) is -1.48. The first-order chi connectivity index (χ1) is 8.56. The molecule has 0 atom stereocenters. The van der Waals surface area contributed by atoms with Crippen molar-refractivity contribution in [2.24, 2.45) is 0 Å². The lowest BCUT2D eigenvalue weighted by Gasteiger charge is -2.19. The van der Waals surface area contributed by atoms with E-state index < -0.39 is 14.0 Å². The van der Waals surface area contributed by atoms with Crippen LogP contribution in [0, 0.1) is 11.5 Å². The molecule has 3 nitrogen and oxygen atoms in total. The summed E-state index contributed by atoms with van der Waals surface area (Å²) in [5, 5.41) is 8.90. The average molecular weight is 261 g/mol. The van der Waals surface area contributed by atoms with Crippen LogP contribution in [0.15, 0.2) is 18.5 Å². The molecule has 0 aliphatic rings. The van der Waals surface area contributed by atoms with Crippen LogP contribution in [0.3, 0.4) is 0 Å². The molecule has 0 fully saturated rings. The molecule has 0 unspecified atom stereocenters. The van der Waals surface area contributed by atoms with Gasteiger partial charge in [0.25, 0.3) is 0 Å². The molecule has 1 heterocycles. The molecule has 18 heavy (non-hydrogen) atoms. The summed E-state index contributed by atoms with van der Waals surface area (Å²) >= 11 is 0. The Balaban J connectivity index is 3.04. The van der Waals surface area contributed by atoms with Crippen molar-refractivity contribution < 1.29 is 9.90 Å². The maximum atomic E-state index is 10.8. The minimum absolute atomic E-state index is 0.193. The Labute approximate surface area is 109 Å². The second-order valence-corrected chi connectivity index (χ2v) is 9.29. The van der Waals surface area contributed by atoms with Crippen LogP contribution >= 0.6 is 0 Å². The van der Waals surface area contributed by atoms with E-state index in [1.807, 2.05) is 0 Å². The summed E-state index contributed by atoms with van der Waals surface area (Å²) in [6, 6.07) is 5.00. The van der Waals surface area contributed by atoms with Crippen molar-refractivity contribution in [1.29, 1.82) is 0 Å². The lowest BCUT2D eigenvalue weighted by atomic mass is 10.2. The largest absolute Gasteiger partial charge is 0.478 e. The predicted molar refractivity (Wildman–Crippen MR) is 75.3 cm³/mol. The topological polar surface area (TPSA) is 50.2 Å². The third-order valence-electron chi connectivity index (χ3n) is 3.49. The second kappa shape index (κ2) is 6.36. The smallest absolute Gasteiger partial charge is 0.337 e. The molecule has 0 aliphatic heterocycles. The highest BCUT2D eigenvalue weighted by atomic mass is 28.3. The standard InChI is InChI=1S/C14H19NO2Si/c1-4-18(5-2,6-3)8-7-12-9-13(14(16)17)11-15-10-12/h9-11H,4-6H2,1-3H3,(H,16,17). The van der Waals surface area contributed by atoms with Crippen LogP contribution in [-0.2, 0) is 0 Å². The summed E-state index contributed by atoms with van der Waals surface area (Å²) in [6.45, 7) is 6.58. The van der Waals surface area contributed by atoms with Gasteiger partial charge in [-0.05, 0) is 24.2 Å². The van der Waals surface area contributed by atoms with Gasteiger partial charge in [0.2, 0.25) is 0 Å². The molecule has 4 heteroatoms. The maximum absolute atomic E-state index is 10.8. The molecule has 0 amide bonds. The number of rotatable bonds is 4. The Morgan fingerprint density at radius 3 is 2.39 bits per heavy atom. The fourth-order valence-electron chi connectivity index (χ4n) is 1.85. The molecule has 0 saturated carbocycles. The summed E-state index contributed by atoms with van der Waals surface area (Å²) in [5.41, 5.74) is 4.31. The minimum Gasteiger partial charge on any atom is -0.478 e. The Morgan fingerprint density at radius 2 is 1.89 bits per heavy atom. The fourth-order valence-corrected chi connectivity index (χ4v) is 4.29. The third kappa shape index (κ3) is 3.44. The number of aromatic nitrogens is 1. The van der Waals surface area contributed by atoms with Gasteiger partial charge in [-0.2, -0.15) is 0 Å². The molecule has 1 rings (SSSR count). The quantitative estimate of drug-likeness (QED) is 0.669. The Bertz CT molecular complexity index is 476. The monoisotopic (exact) mass is 261 g/mol. The molecular formula is C14H19NO2Si. The predicted octanol–water partition coefficient (Wildman–Crippen LogP) is 3.18. The fraction of sp³-hybridized carbons (Fsp3) is 0.429. The van der Waals surface area contributed by atoms with Crippen molar-refractivity contribution in [2.45, 2.75) is 38.9 Å². The van der Waals surface area contributed by atoms with Gasteiger partial charge in [0.15, 0.2) is 0 Å². The molecule has 96 valence electrons. The van der Waals surface area contributed by atoms with E-state index >= 15 is 0 Å². The van der Waals surface area contributed by atoms with Gasteiger partial charge in [-0.25, -0.2) is 4.79 Å². The molecule has 0 saturated heterocycles. The Morgan fingerprint density at radius 1 is 1.28 bits per heavy atom. The zero-order valence-electron chi connectivity index (χ0n) is 11.2. The number of aromatic carboxylic acids is 1. The van der Waals surface area contributed by atoms with Gasteiger partial charge in [-0.15, -0.1) is 5.54 Å². The molecule has 1 aromatic heterocycles. The van der Waals surface area contributed by atoms with Crippen LogP contribution in [0.1, 0.15) is 36.7 Å². The summed E-state index contributed by atoms with van der Waals surface area (Å²) < 4.78 is 0. The van der Waals surface area contributed by atoms with Gasteiger partial charge in [0, 0.05) is 18.0 Å². The molecule has 0 aliphatic carbocycles. The van der Waals surface area contributed by atoms with Crippen LogP contribution in [0.25, 0.3) is 0 Å². The van der Waals surface area contributed by atoms with E-state index in [-0.39, 0.29) is 5.56 Å². The van der Waals surface area contributed by atoms with Crippen molar-refractivity contribution in [3.63, 3.8) is 0 Å². The molecule has 0 bridgehead atoms. The maximum Gasteiger partial charge on any atom is 0.337 e. The number of hydrogen-bond donors (Lipinski definition) is 1. The first-order valence-corrected chi connectivity index (χ1v) is 8.90. The van der Waals surface area contributed by atoms with Gasteiger partial charge in [0.1, 0.15) is 8.07 Å². The van der Waals surface area contributed by atoms with Crippen LogP contribution in [0.5, 0.6) is 0 Å². The number of hydrogen-bond acceptors (Lipinski definition) is 2. The van der Waals surface area contributed by atoms with Gasteiger partial charge in [0.05, 0.1) is 5.56 Å². The van der Waals surface area contributed by atoms with Crippen molar-refractivity contribution in [3.05, 3.63) is 29.6 Å². The molecular weight excluding hydrogens is 242 g/mol. The van der Waals surface area contributed by atoms with Crippen molar-refractivity contribution >= 4 is 14.0 Å². The number of carboxylic acid groups (broad SMARTS) is 1. The zero-order chi connectivity index (χ0) is 13.6. The van der Waals surface area contributed by atoms with E-state index in [4.69, 9.17) is 5.11 Å². The van der Waals surface area contributed by atoms with Gasteiger partial charge >= 0.3 is 5.97 Å². The van der Waals surface area contributed by atoms with E-state index in [0.29, 0.717) is 5.56 Å². The van der Waals surface area contributed by atoms with E-state index in [0.717, 1.165) is 18.1 Å². The number of carboxylic acids is 1. The van der Waals surface area contributed by atoms with Crippen LogP contribution in [0.4, 0.5) is 0 Å². The second-order valence-electron chi connectivity index (χ2n) is 4.36. The molecule has 0 aromatic carbocycles. The Kier molecular flexibility index (Phi) is 5.11. The summed E-state index contributed by atoms with van der Waals surface area (Å²) in [5.74, 6) is 2.16. The number of pyridine rings is 1. The van der Waals surface area contributed by atoms with Crippen LogP contribution in [0.2, 0.25) is 18.1 Å². The van der Waals surface area contributed by atoms with E-state index in [2.05, 4.69) is 37.2 Å². The van der Waals surface area contributed by atoms with E-state index in [9.17, 15) is 4.79 Å². The lowest BCUT2D eigenvalue weighted by Crippen LogP contribution is -2.29. The molecule has 1 N–H and O–H groups in total. The highest BCUT2D eigenvalue weighted by Gasteiger charge is 2.24. The van der Waals surface area contributed by atoms with Crippen LogP contribution in [-0.4, -0.2) is 24.1 Å². The van der Waals surface area contributed by atoms with E-state index in [1.54, 1.807) is 12.3 Å². The highest BCUT2D eigenvalue weighted by Crippen LogP contribution is 2.19. The molecule has 1 aromatic rings. The van der Waals surface area contributed by atoms with E-state index in [1.165, 1.54) is 6.20 Å². The summed E-state index contributed by atoms with van der Waals surface area (Å²) in [6.07, 6.45) is 2.97. The lowest BCUT2D eigenvalue weighted by molar-refractivity contribution is 0.0696. The first-order valence-electron chi connectivity index (χ1n) is 6.28. The first kappa shape index (κ1) is 14.5. The van der Waals surface area contributed by atoms with Gasteiger partial charge in [-0.3, -0.25) is 4.98 Å². The van der Waals surface area contributed by atoms with Crippen molar-refractivity contribution in [2.75, 3.05) is 0 Å². The van der Waals surface area contributed by atoms with Crippen LogP contribution < -0.4 is 0 Å². The SMILES string of the molecule is CC[Si](C#Cc1cncc(C(=O)O)c1)(CC)CC. The van der Waals surface area contributed by atoms with Gasteiger partial charge < -0.3 is 5.11 Å². The zero-order valence-corrected chi connectivity index (χ0v) is 12.2. The average Bonchev–Trinajstić information content (AvgIpc) is 2.41. The van der Waals surface area contributed by atoms with Crippen molar-refractivity contribution in [1.82, 2.24) is 4.98 Å². The number of nitrogens with zero attached hydrogens (tertiary/aromatic N) is 1. The minimum atomic E-state index is -1.48. The van der Waals surface area contributed by atoms with Crippen molar-refractivity contribution in [3.8, 4) is 11.5 Å². The Hall–Kier alpha value is -1.60. The normalized spacial score (nSPS) is 10.6. The number of carbonyl (C=O) groups is 1. The molecule has 0 spiro atoms. The van der Waals surface area contributed by atoms with Gasteiger partial charge in [-0.1, -0.05) is 26.7 Å². The summed E-state index contributed by atoms with van der Waals surface area (Å²) in [4.78, 5) is 14.8. The third-order valence-corrected chi connectivity index (χ3v) is 8.20.